The molecule has 46 heavy (non-hydrogen) atoms. The second kappa shape index (κ2) is 37.2. The minimum atomic E-state index is -0.742. The molecule has 0 bridgehead atoms. The molecule has 0 saturated heterocycles. The molecule has 0 aliphatic carbocycles. The van der Waals surface area contributed by atoms with Gasteiger partial charge in [0.1, 0.15) is 0 Å². The summed E-state index contributed by atoms with van der Waals surface area (Å²) in [5.41, 5.74) is 0. The summed E-state index contributed by atoms with van der Waals surface area (Å²) in [6, 6.07) is -0.651. The van der Waals surface area contributed by atoms with Crippen LogP contribution >= 0.6 is 0 Å². The predicted molar refractivity (Wildman–Crippen MR) is 199 cm³/mol. The van der Waals surface area contributed by atoms with Crippen molar-refractivity contribution in [2.45, 2.75) is 250 Å². The molecule has 1 amide bonds. The zero-order chi connectivity index (χ0) is 33.8. The average molecular weight is 654 g/mol. The first-order valence-corrected chi connectivity index (χ1v) is 20.8. The Morgan fingerprint density at radius 3 is 1.04 bits per heavy atom. The number of aliphatic hydroxyl groups excluding tert-OH is 3. The van der Waals surface area contributed by atoms with Crippen LogP contribution in [0, 0.1) is 0 Å². The normalized spacial score (nSPS) is 13.6. The standard InChI is InChI=1S/C41H83NO4/c1-3-5-7-9-11-13-15-17-19-21-22-24-26-28-30-32-34-38(44)36-41(46)42-39(37-43)40(45)35-33-31-29-27-25-23-20-18-16-14-12-10-8-6-4-2/h38-40,43-45H,3-37H2,1-2H3,(H,42,46). The van der Waals surface area contributed by atoms with E-state index in [1.807, 2.05) is 0 Å². The summed E-state index contributed by atoms with van der Waals surface area (Å²) in [6.45, 7) is 4.27. The molecule has 0 aromatic heterocycles. The number of carbonyl (C=O) groups is 1. The van der Waals surface area contributed by atoms with Crippen molar-refractivity contribution in [3.05, 3.63) is 0 Å². The van der Waals surface area contributed by atoms with Crippen LogP contribution in [-0.2, 0) is 4.79 Å². The van der Waals surface area contributed by atoms with Crippen molar-refractivity contribution < 1.29 is 20.1 Å². The average Bonchev–Trinajstić information content (AvgIpc) is 3.05. The van der Waals surface area contributed by atoms with Crippen molar-refractivity contribution in [1.29, 1.82) is 0 Å². The van der Waals surface area contributed by atoms with Crippen LogP contribution in [0.1, 0.15) is 232 Å². The Bertz CT molecular complexity index is 601. The first kappa shape index (κ1) is 45.3. The van der Waals surface area contributed by atoms with Gasteiger partial charge < -0.3 is 20.6 Å². The van der Waals surface area contributed by atoms with Gasteiger partial charge in [0, 0.05) is 0 Å². The van der Waals surface area contributed by atoms with Crippen molar-refractivity contribution in [2.75, 3.05) is 6.61 Å². The third-order valence-electron chi connectivity index (χ3n) is 9.92. The molecule has 5 heteroatoms. The molecule has 3 unspecified atom stereocenters. The largest absolute Gasteiger partial charge is 0.394 e. The minimum Gasteiger partial charge on any atom is -0.394 e. The molecule has 0 aromatic rings. The van der Waals surface area contributed by atoms with Gasteiger partial charge in [0.25, 0.3) is 0 Å². The number of amides is 1. The van der Waals surface area contributed by atoms with Gasteiger partial charge in [0.15, 0.2) is 0 Å². The van der Waals surface area contributed by atoms with E-state index in [4.69, 9.17) is 0 Å². The smallest absolute Gasteiger partial charge is 0.222 e. The maximum absolute atomic E-state index is 12.4. The summed E-state index contributed by atoms with van der Waals surface area (Å²) in [5.74, 6) is -0.279. The van der Waals surface area contributed by atoms with E-state index in [9.17, 15) is 20.1 Å². The van der Waals surface area contributed by atoms with E-state index >= 15 is 0 Å². The van der Waals surface area contributed by atoms with Crippen LogP contribution in [-0.4, -0.2) is 46.1 Å². The Labute approximate surface area is 287 Å². The van der Waals surface area contributed by atoms with E-state index < -0.39 is 18.2 Å². The second-order valence-corrected chi connectivity index (χ2v) is 14.6. The van der Waals surface area contributed by atoms with Gasteiger partial charge in [0.2, 0.25) is 5.91 Å². The van der Waals surface area contributed by atoms with Crippen LogP contribution in [0.2, 0.25) is 0 Å². The Morgan fingerprint density at radius 2 is 0.739 bits per heavy atom. The maximum atomic E-state index is 12.4. The molecule has 276 valence electrons. The van der Waals surface area contributed by atoms with E-state index in [1.165, 1.54) is 173 Å². The second-order valence-electron chi connectivity index (χ2n) is 14.6. The molecule has 0 aliphatic heterocycles. The van der Waals surface area contributed by atoms with Gasteiger partial charge in [-0.25, -0.2) is 0 Å². The fourth-order valence-corrected chi connectivity index (χ4v) is 6.70. The predicted octanol–water partition coefficient (Wildman–Crippen LogP) is 11.5. The van der Waals surface area contributed by atoms with Crippen LogP contribution in [0.4, 0.5) is 0 Å². The lowest BCUT2D eigenvalue weighted by atomic mass is 10.0. The van der Waals surface area contributed by atoms with E-state index in [2.05, 4.69) is 19.2 Å². The van der Waals surface area contributed by atoms with Crippen LogP contribution in [0.3, 0.4) is 0 Å². The Balaban J connectivity index is 3.60. The monoisotopic (exact) mass is 654 g/mol. The number of carbonyl (C=O) groups excluding carboxylic acids is 1. The topological polar surface area (TPSA) is 89.8 Å². The zero-order valence-corrected chi connectivity index (χ0v) is 31.2. The van der Waals surface area contributed by atoms with E-state index in [0.29, 0.717) is 12.8 Å². The Kier molecular flexibility index (Phi) is 36.6. The van der Waals surface area contributed by atoms with E-state index in [-0.39, 0.29) is 18.9 Å². The number of aliphatic hydroxyl groups is 3. The molecule has 0 spiro atoms. The van der Waals surface area contributed by atoms with Crippen molar-refractivity contribution >= 4 is 5.91 Å². The highest BCUT2D eigenvalue weighted by molar-refractivity contribution is 5.76. The summed E-state index contributed by atoms with van der Waals surface area (Å²) < 4.78 is 0. The Morgan fingerprint density at radius 1 is 0.457 bits per heavy atom. The van der Waals surface area contributed by atoms with Gasteiger partial charge in [-0.1, -0.05) is 213 Å². The van der Waals surface area contributed by atoms with Crippen molar-refractivity contribution in [3.63, 3.8) is 0 Å². The maximum Gasteiger partial charge on any atom is 0.222 e. The highest BCUT2D eigenvalue weighted by Gasteiger charge is 2.21. The molecule has 4 N–H and O–H groups in total. The fraction of sp³-hybridized carbons (Fsp3) is 0.976. The number of unbranched alkanes of at least 4 members (excludes halogenated alkanes) is 29. The third-order valence-corrected chi connectivity index (χ3v) is 9.92. The van der Waals surface area contributed by atoms with Gasteiger partial charge >= 0.3 is 0 Å². The van der Waals surface area contributed by atoms with Crippen molar-refractivity contribution in [2.24, 2.45) is 0 Å². The quantitative estimate of drug-likeness (QED) is 0.0499. The number of nitrogens with one attached hydrogen (secondary N) is 1. The molecule has 0 fully saturated rings. The number of hydrogen-bond donors (Lipinski definition) is 4. The SMILES string of the molecule is CCCCCCCCCCCCCCCCCCC(O)CC(=O)NC(CO)C(O)CCCCCCCCCCCCCCCCC. The molecule has 0 aromatic carbocycles. The lowest BCUT2D eigenvalue weighted by molar-refractivity contribution is -0.125. The number of hydrogen-bond acceptors (Lipinski definition) is 4. The summed E-state index contributed by atoms with van der Waals surface area (Å²) in [7, 11) is 0. The van der Waals surface area contributed by atoms with E-state index in [0.717, 1.165) is 25.7 Å². The van der Waals surface area contributed by atoms with Gasteiger partial charge in [-0.3, -0.25) is 4.79 Å². The molecular weight excluding hydrogens is 570 g/mol. The lowest BCUT2D eigenvalue weighted by Crippen LogP contribution is -2.46. The highest BCUT2D eigenvalue weighted by Crippen LogP contribution is 2.17. The van der Waals surface area contributed by atoms with Gasteiger partial charge in [-0.2, -0.15) is 0 Å². The van der Waals surface area contributed by atoms with Gasteiger partial charge in [0.05, 0.1) is 31.3 Å². The summed E-state index contributed by atoms with van der Waals surface area (Å²) in [6.07, 6.45) is 40.6. The summed E-state index contributed by atoms with van der Waals surface area (Å²) in [5, 5.41) is 33.3. The molecule has 0 heterocycles. The van der Waals surface area contributed by atoms with Crippen LogP contribution in [0.5, 0.6) is 0 Å². The fourth-order valence-electron chi connectivity index (χ4n) is 6.70. The van der Waals surface area contributed by atoms with Gasteiger partial charge in [-0.05, 0) is 12.8 Å². The van der Waals surface area contributed by atoms with Crippen LogP contribution in [0.15, 0.2) is 0 Å². The molecule has 0 rings (SSSR count). The molecule has 0 radical (unpaired) electrons. The highest BCUT2D eigenvalue weighted by atomic mass is 16.3. The molecule has 0 aliphatic rings. The van der Waals surface area contributed by atoms with E-state index in [1.54, 1.807) is 0 Å². The molecule has 0 saturated carbocycles. The first-order valence-electron chi connectivity index (χ1n) is 20.8. The first-order chi connectivity index (χ1) is 22.5. The Hall–Kier alpha value is -0.650. The van der Waals surface area contributed by atoms with Gasteiger partial charge in [-0.15, -0.1) is 0 Å². The molecular formula is C41H83NO4. The number of rotatable bonds is 38. The lowest BCUT2D eigenvalue weighted by Gasteiger charge is -2.23. The van der Waals surface area contributed by atoms with Crippen LogP contribution in [0.25, 0.3) is 0 Å². The molecule has 3 atom stereocenters. The zero-order valence-electron chi connectivity index (χ0n) is 31.2. The van der Waals surface area contributed by atoms with Crippen molar-refractivity contribution in [3.8, 4) is 0 Å². The summed E-state index contributed by atoms with van der Waals surface area (Å²) in [4.78, 5) is 12.4. The molecule has 5 nitrogen and oxygen atoms in total. The third kappa shape index (κ3) is 33.3. The van der Waals surface area contributed by atoms with Crippen LogP contribution < -0.4 is 5.32 Å². The van der Waals surface area contributed by atoms with Crippen molar-refractivity contribution in [1.82, 2.24) is 5.32 Å². The summed E-state index contributed by atoms with van der Waals surface area (Å²) >= 11 is 0. The minimum absolute atomic E-state index is 0.0426.